The minimum Gasteiger partial charge on any atom is -0.381 e. The van der Waals surface area contributed by atoms with Gasteiger partial charge in [0.1, 0.15) is 0 Å². The molecule has 2 rings (SSSR count). The highest BCUT2D eigenvalue weighted by Gasteiger charge is 1.98. The Morgan fingerprint density at radius 3 is 2.35 bits per heavy atom. The zero-order chi connectivity index (χ0) is 14.2. The fourth-order valence-corrected chi connectivity index (χ4v) is 2.37. The Kier molecular flexibility index (Phi) is 5.67. The van der Waals surface area contributed by atoms with Crippen molar-refractivity contribution < 1.29 is 0 Å². The maximum atomic E-state index is 3.50. The quantitative estimate of drug-likeness (QED) is 0.668. The van der Waals surface area contributed by atoms with Crippen molar-refractivity contribution in [3.63, 3.8) is 0 Å². The van der Waals surface area contributed by atoms with Gasteiger partial charge in [0.25, 0.3) is 0 Å². The van der Waals surface area contributed by atoms with Gasteiger partial charge in [-0.2, -0.15) is 0 Å². The van der Waals surface area contributed by atoms with Gasteiger partial charge >= 0.3 is 0 Å². The molecule has 0 spiro atoms. The highest BCUT2D eigenvalue weighted by molar-refractivity contribution is 5.45. The van der Waals surface area contributed by atoms with Gasteiger partial charge in [-0.15, -0.1) is 0 Å². The number of benzene rings is 2. The lowest BCUT2D eigenvalue weighted by Crippen LogP contribution is -2.01. The second kappa shape index (κ2) is 7.74. The van der Waals surface area contributed by atoms with Crippen molar-refractivity contribution in [1.82, 2.24) is 0 Å². The van der Waals surface area contributed by atoms with Crippen molar-refractivity contribution in [2.75, 3.05) is 5.32 Å². The molecule has 20 heavy (non-hydrogen) atoms. The molecule has 0 atom stereocenters. The van der Waals surface area contributed by atoms with Crippen LogP contribution in [0.2, 0.25) is 0 Å². The molecule has 2 aromatic rings. The van der Waals surface area contributed by atoms with Crippen LogP contribution in [0.3, 0.4) is 0 Å². The van der Waals surface area contributed by atoms with Gasteiger partial charge in [-0.05, 0) is 48.6 Å². The predicted molar refractivity (Wildman–Crippen MR) is 88.2 cm³/mol. The third kappa shape index (κ3) is 4.41. The van der Waals surface area contributed by atoms with E-state index in [-0.39, 0.29) is 0 Å². The Hall–Kier alpha value is -1.76. The lowest BCUT2D eigenvalue weighted by molar-refractivity contribution is 0.717. The summed E-state index contributed by atoms with van der Waals surface area (Å²) in [5.74, 6) is 0. The summed E-state index contributed by atoms with van der Waals surface area (Å²) in [6.07, 6.45) is 5.11. The lowest BCUT2D eigenvalue weighted by atomic mass is 10.1. The summed E-state index contributed by atoms with van der Waals surface area (Å²) < 4.78 is 0. The number of hydrogen-bond donors (Lipinski definition) is 1. The molecule has 0 aliphatic heterocycles. The van der Waals surface area contributed by atoms with Gasteiger partial charge in [-0.25, -0.2) is 0 Å². The zero-order valence-corrected chi connectivity index (χ0v) is 12.7. The first kappa shape index (κ1) is 14.6. The Morgan fingerprint density at radius 1 is 0.900 bits per heavy atom. The van der Waals surface area contributed by atoms with Gasteiger partial charge in [0.2, 0.25) is 0 Å². The molecule has 0 fully saturated rings. The molecule has 1 heteroatoms. The van der Waals surface area contributed by atoms with E-state index in [1.54, 1.807) is 0 Å². The van der Waals surface area contributed by atoms with Gasteiger partial charge < -0.3 is 5.32 Å². The molecule has 0 saturated heterocycles. The van der Waals surface area contributed by atoms with Crippen LogP contribution in [0.25, 0.3) is 0 Å². The Morgan fingerprint density at radius 2 is 1.65 bits per heavy atom. The molecule has 0 aromatic heterocycles. The van der Waals surface area contributed by atoms with Crippen LogP contribution in [0, 0.1) is 6.92 Å². The van der Waals surface area contributed by atoms with Gasteiger partial charge in [-0.3, -0.25) is 0 Å². The topological polar surface area (TPSA) is 12.0 Å². The standard InChI is InChI=1S/C19H25N/c1-3-4-5-9-17-11-13-19(14-12-17)20-15-18-10-7-6-8-16(18)2/h6-8,10-14,20H,3-5,9,15H2,1-2H3. The Balaban J connectivity index is 1.86. The van der Waals surface area contributed by atoms with Crippen LogP contribution in [0.1, 0.15) is 42.9 Å². The number of hydrogen-bond acceptors (Lipinski definition) is 1. The SMILES string of the molecule is CCCCCc1ccc(NCc2ccccc2C)cc1. The minimum absolute atomic E-state index is 0.891. The molecule has 1 N–H and O–H groups in total. The largest absolute Gasteiger partial charge is 0.381 e. The van der Waals surface area contributed by atoms with E-state index < -0.39 is 0 Å². The van der Waals surface area contributed by atoms with Crippen molar-refractivity contribution in [1.29, 1.82) is 0 Å². The molecule has 0 radical (unpaired) electrons. The maximum Gasteiger partial charge on any atom is 0.0403 e. The van der Waals surface area contributed by atoms with Crippen molar-refractivity contribution >= 4 is 5.69 Å². The van der Waals surface area contributed by atoms with E-state index in [0.717, 1.165) is 6.54 Å². The summed E-state index contributed by atoms with van der Waals surface area (Å²) in [4.78, 5) is 0. The zero-order valence-electron chi connectivity index (χ0n) is 12.7. The van der Waals surface area contributed by atoms with Crippen molar-refractivity contribution in [2.45, 2.75) is 46.1 Å². The minimum atomic E-state index is 0.891. The molecule has 1 nitrogen and oxygen atoms in total. The first-order chi connectivity index (χ1) is 9.79. The van der Waals surface area contributed by atoms with E-state index in [1.807, 2.05) is 0 Å². The van der Waals surface area contributed by atoms with Crippen LogP contribution in [-0.2, 0) is 13.0 Å². The fourth-order valence-electron chi connectivity index (χ4n) is 2.37. The third-order valence-corrected chi connectivity index (χ3v) is 3.77. The van der Waals surface area contributed by atoms with Crippen LogP contribution in [-0.4, -0.2) is 0 Å². The number of aryl methyl sites for hydroxylation is 2. The molecule has 0 bridgehead atoms. The van der Waals surface area contributed by atoms with Gasteiger partial charge in [0, 0.05) is 12.2 Å². The van der Waals surface area contributed by atoms with Crippen LogP contribution in [0.4, 0.5) is 5.69 Å². The highest BCUT2D eigenvalue weighted by Crippen LogP contribution is 2.14. The molecule has 106 valence electrons. The van der Waals surface area contributed by atoms with Crippen LogP contribution in [0.5, 0.6) is 0 Å². The second-order valence-corrected chi connectivity index (χ2v) is 5.43. The molecule has 0 heterocycles. The summed E-state index contributed by atoms with van der Waals surface area (Å²) >= 11 is 0. The summed E-state index contributed by atoms with van der Waals surface area (Å²) in [5, 5.41) is 3.50. The molecular formula is C19H25N. The molecule has 2 aromatic carbocycles. The van der Waals surface area contributed by atoms with Gasteiger partial charge in [0.15, 0.2) is 0 Å². The molecule has 0 aliphatic carbocycles. The predicted octanol–water partition coefficient (Wildman–Crippen LogP) is 5.34. The van der Waals surface area contributed by atoms with Crippen molar-refractivity contribution in [3.05, 3.63) is 65.2 Å². The number of rotatable bonds is 7. The molecule has 0 aliphatic rings. The molecular weight excluding hydrogens is 242 g/mol. The average molecular weight is 267 g/mol. The van der Waals surface area contributed by atoms with Crippen LogP contribution < -0.4 is 5.32 Å². The van der Waals surface area contributed by atoms with Crippen LogP contribution in [0.15, 0.2) is 48.5 Å². The van der Waals surface area contributed by atoms with Crippen molar-refractivity contribution in [3.8, 4) is 0 Å². The van der Waals surface area contributed by atoms with E-state index in [9.17, 15) is 0 Å². The first-order valence-electron chi connectivity index (χ1n) is 7.67. The van der Waals surface area contributed by atoms with Gasteiger partial charge in [-0.1, -0.05) is 56.2 Å². The number of unbranched alkanes of at least 4 members (excludes halogenated alkanes) is 2. The Bertz CT molecular complexity index is 514. The maximum absolute atomic E-state index is 3.50. The molecule has 0 amide bonds. The monoisotopic (exact) mass is 267 g/mol. The molecule has 0 saturated carbocycles. The molecule has 0 unspecified atom stereocenters. The summed E-state index contributed by atoms with van der Waals surface area (Å²) in [6, 6.07) is 17.4. The smallest absolute Gasteiger partial charge is 0.0403 e. The fraction of sp³-hybridized carbons (Fsp3) is 0.368. The third-order valence-electron chi connectivity index (χ3n) is 3.77. The van der Waals surface area contributed by atoms with E-state index >= 15 is 0 Å². The normalized spacial score (nSPS) is 10.5. The summed E-state index contributed by atoms with van der Waals surface area (Å²) in [7, 11) is 0. The van der Waals surface area contributed by atoms with E-state index in [0.29, 0.717) is 0 Å². The first-order valence-corrected chi connectivity index (χ1v) is 7.67. The van der Waals surface area contributed by atoms with E-state index in [2.05, 4.69) is 67.7 Å². The Labute approximate surface area is 123 Å². The van der Waals surface area contributed by atoms with E-state index in [1.165, 1.54) is 48.1 Å². The summed E-state index contributed by atoms with van der Waals surface area (Å²) in [6.45, 7) is 5.30. The second-order valence-electron chi connectivity index (χ2n) is 5.43. The summed E-state index contributed by atoms with van der Waals surface area (Å²) in [5.41, 5.74) is 5.35. The average Bonchev–Trinajstić information content (AvgIpc) is 2.48. The number of nitrogens with one attached hydrogen (secondary N) is 1. The van der Waals surface area contributed by atoms with Crippen molar-refractivity contribution in [2.24, 2.45) is 0 Å². The lowest BCUT2D eigenvalue weighted by Gasteiger charge is -2.09. The van der Waals surface area contributed by atoms with Gasteiger partial charge in [0.05, 0.1) is 0 Å². The number of anilines is 1. The van der Waals surface area contributed by atoms with Crippen LogP contribution >= 0.6 is 0 Å². The highest BCUT2D eigenvalue weighted by atomic mass is 14.9. The van der Waals surface area contributed by atoms with E-state index in [4.69, 9.17) is 0 Å².